The minimum absolute atomic E-state index is 0.206. The molecule has 0 aromatic heterocycles. The molecule has 0 fully saturated rings. The molecule has 4 nitrogen and oxygen atoms in total. The van der Waals surface area contributed by atoms with E-state index in [0.29, 0.717) is 6.42 Å². The first-order valence-corrected chi connectivity index (χ1v) is 7.68. The molecule has 98 valence electrons. The average Bonchev–Trinajstić information content (AvgIpc) is 2.25. The zero-order valence-electron chi connectivity index (χ0n) is 10.4. The zero-order chi connectivity index (χ0) is 12.3. The van der Waals surface area contributed by atoms with Crippen LogP contribution in [0.15, 0.2) is 0 Å². The van der Waals surface area contributed by atoms with E-state index in [1.54, 1.807) is 0 Å². The summed E-state index contributed by atoms with van der Waals surface area (Å²) in [6.45, 7) is 4.48. The molecule has 0 aliphatic heterocycles. The third kappa shape index (κ3) is 10.6. The molecule has 0 saturated heterocycles. The summed E-state index contributed by atoms with van der Waals surface area (Å²) >= 11 is 0. The van der Waals surface area contributed by atoms with Crippen molar-refractivity contribution in [2.45, 2.75) is 58.8 Å². The van der Waals surface area contributed by atoms with E-state index >= 15 is 0 Å². The first kappa shape index (κ1) is 16.1. The lowest BCUT2D eigenvalue weighted by atomic mass is 10.1. The SMILES string of the molecule is CCCCCCCCOP(=O)([O-])OCCC. The summed E-state index contributed by atoms with van der Waals surface area (Å²) in [6, 6.07) is 0. The second-order valence-electron chi connectivity index (χ2n) is 3.88. The number of unbranched alkanes of at least 4 members (excludes halogenated alkanes) is 5. The molecule has 0 aromatic rings. The van der Waals surface area contributed by atoms with Crippen LogP contribution >= 0.6 is 7.82 Å². The van der Waals surface area contributed by atoms with Gasteiger partial charge in [0.1, 0.15) is 0 Å². The van der Waals surface area contributed by atoms with Gasteiger partial charge in [0.05, 0.1) is 13.2 Å². The Morgan fingerprint density at radius 1 is 0.875 bits per heavy atom. The van der Waals surface area contributed by atoms with Gasteiger partial charge in [-0.2, -0.15) is 0 Å². The van der Waals surface area contributed by atoms with Crippen LogP contribution in [0.5, 0.6) is 0 Å². The Morgan fingerprint density at radius 3 is 2.06 bits per heavy atom. The Morgan fingerprint density at radius 2 is 1.44 bits per heavy atom. The van der Waals surface area contributed by atoms with E-state index in [1.807, 2.05) is 6.92 Å². The van der Waals surface area contributed by atoms with Gasteiger partial charge in [0.15, 0.2) is 0 Å². The van der Waals surface area contributed by atoms with Crippen molar-refractivity contribution in [3.05, 3.63) is 0 Å². The van der Waals surface area contributed by atoms with Crippen molar-refractivity contribution in [1.82, 2.24) is 0 Å². The van der Waals surface area contributed by atoms with Gasteiger partial charge in [0, 0.05) is 0 Å². The Labute approximate surface area is 99.0 Å². The Bertz CT molecular complexity index is 196. The second kappa shape index (κ2) is 10.3. The van der Waals surface area contributed by atoms with Gasteiger partial charge < -0.3 is 13.9 Å². The maximum absolute atomic E-state index is 11.1. The molecule has 0 spiro atoms. The normalized spacial score (nSPS) is 14.9. The summed E-state index contributed by atoms with van der Waals surface area (Å²) in [5.41, 5.74) is 0. The van der Waals surface area contributed by atoms with E-state index in [4.69, 9.17) is 4.52 Å². The minimum Gasteiger partial charge on any atom is -0.756 e. The summed E-state index contributed by atoms with van der Waals surface area (Å²) in [4.78, 5) is 11.1. The van der Waals surface area contributed by atoms with E-state index in [1.165, 1.54) is 19.3 Å². The van der Waals surface area contributed by atoms with Crippen molar-refractivity contribution in [3.8, 4) is 0 Å². The second-order valence-corrected chi connectivity index (χ2v) is 5.29. The maximum Gasteiger partial charge on any atom is 0.267 e. The molecule has 1 atom stereocenters. The summed E-state index contributed by atoms with van der Waals surface area (Å²) in [5, 5.41) is 0. The molecule has 1 unspecified atom stereocenters. The smallest absolute Gasteiger partial charge is 0.267 e. The average molecular weight is 251 g/mol. The van der Waals surface area contributed by atoms with Crippen LogP contribution in [0.1, 0.15) is 58.8 Å². The van der Waals surface area contributed by atoms with Crippen LogP contribution < -0.4 is 4.89 Å². The van der Waals surface area contributed by atoms with E-state index in [-0.39, 0.29) is 13.2 Å². The number of rotatable bonds is 11. The highest BCUT2D eigenvalue weighted by Gasteiger charge is 2.07. The van der Waals surface area contributed by atoms with Crippen molar-refractivity contribution >= 4 is 7.82 Å². The molecule has 0 aliphatic rings. The minimum atomic E-state index is -4.02. The van der Waals surface area contributed by atoms with Crippen LogP contribution in [0.25, 0.3) is 0 Å². The van der Waals surface area contributed by atoms with Crippen LogP contribution in [0, 0.1) is 0 Å². The first-order valence-electron chi connectivity index (χ1n) is 6.22. The van der Waals surface area contributed by atoms with Gasteiger partial charge >= 0.3 is 0 Å². The molecule has 0 rings (SSSR count). The lowest BCUT2D eigenvalue weighted by molar-refractivity contribution is -0.225. The van der Waals surface area contributed by atoms with Gasteiger partial charge in [0.2, 0.25) is 0 Å². The van der Waals surface area contributed by atoms with Crippen molar-refractivity contribution in [3.63, 3.8) is 0 Å². The van der Waals surface area contributed by atoms with Gasteiger partial charge in [-0.3, -0.25) is 4.57 Å². The highest BCUT2D eigenvalue weighted by atomic mass is 31.2. The number of phosphoric ester groups is 1. The summed E-state index contributed by atoms with van der Waals surface area (Å²) in [7, 11) is -4.02. The lowest BCUT2D eigenvalue weighted by Gasteiger charge is -2.22. The molecule has 5 heteroatoms. The molecule has 0 saturated carbocycles. The van der Waals surface area contributed by atoms with E-state index < -0.39 is 7.82 Å². The van der Waals surface area contributed by atoms with E-state index in [0.717, 1.165) is 19.3 Å². The van der Waals surface area contributed by atoms with Crippen molar-refractivity contribution in [2.75, 3.05) is 13.2 Å². The van der Waals surface area contributed by atoms with Crippen LogP contribution in [0.4, 0.5) is 0 Å². The predicted octanol–water partition coefficient (Wildman–Crippen LogP) is 3.26. The fourth-order valence-electron chi connectivity index (χ4n) is 1.30. The number of phosphoric acid groups is 1. The Hall–Kier alpha value is 0.110. The van der Waals surface area contributed by atoms with Gasteiger partial charge in [-0.25, -0.2) is 0 Å². The van der Waals surface area contributed by atoms with E-state index in [2.05, 4.69) is 11.4 Å². The molecule has 16 heavy (non-hydrogen) atoms. The summed E-state index contributed by atoms with van der Waals surface area (Å²) in [6.07, 6.45) is 7.32. The van der Waals surface area contributed by atoms with Gasteiger partial charge in [-0.15, -0.1) is 0 Å². The maximum atomic E-state index is 11.1. The standard InChI is InChI=1S/C11H25O4P/c1-3-5-6-7-8-9-11-15-16(12,13)14-10-4-2/h3-11H2,1-2H3,(H,12,13)/p-1. The van der Waals surface area contributed by atoms with Gasteiger partial charge in [0.25, 0.3) is 7.82 Å². The lowest BCUT2D eigenvalue weighted by Crippen LogP contribution is -2.09. The van der Waals surface area contributed by atoms with E-state index in [9.17, 15) is 9.46 Å². The molecule has 0 heterocycles. The van der Waals surface area contributed by atoms with Crippen molar-refractivity contribution in [2.24, 2.45) is 0 Å². The zero-order valence-corrected chi connectivity index (χ0v) is 11.3. The van der Waals surface area contributed by atoms with Crippen LogP contribution in [0.2, 0.25) is 0 Å². The fraction of sp³-hybridized carbons (Fsp3) is 1.00. The third-order valence-electron chi connectivity index (χ3n) is 2.20. The molecule has 0 bridgehead atoms. The highest BCUT2D eigenvalue weighted by molar-refractivity contribution is 7.45. The molecule has 0 aliphatic carbocycles. The highest BCUT2D eigenvalue weighted by Crippen LogP contribution is 2.38. The van der Waals surface area contributed by atoms with Crippen molar-refractivity contribution in [1.29, 1.82) is 0 Å². The first-order chi connectivity index (χ1) is 7.62. The predicted molar refractivity (Wildman–Crippen MR) is 63.2 cm³/mol. The van der Waals surface area contributed by atoms with Gasteiger partial charge in [-0.1, -0.05) is 46.0 Å². The monoisotopic (exact) mass is 251 g/mol. The summed E-state index contributed by atoms with van der Waals surface area (Å²) in [5.74, 6) is 0. The van der Waals surface area contributed by atoms with Crippen LogP contribution in [0.3, 0.4) is 0 Å². The number of hydrogen-bond donors (Lipinski definition) is 0. The molecular weight excluding hydrogens is 227 g/mol. The molecular formula is C11H24O4P-. The van der Waals surface area contributed by atoms with Crippen molar-refractivity contribution < 1.29 is 18.5 Å². The van der Waals surface area contributed by atoms with Crippen LogP contribution in [-0.2, 0) is 13.6 Å². The molecule has 0 aromatic carbocycles. The van der Waals surface area contributed by atoms with Crippen LogP contribution in [-0.4, -0.2) is 13.2 Å². The largest absolute Gasteiger partial charge is 0.756 e. The quantitative estimate of drug-likeness (QED) is 0.417. The fourth-order valence-corrected chi connectivity index (χ4v) is 2.13. The summed E-state index contributed by atoms with van der Waals surface area (Å²) < 4.78 is 20.4. The third-order valence-corrected chi connectivity index (χ3v) is 3.20. The molecule has 0 N–H and O–H groups in total. The Kier molecular flexibility index (Phi) is 10.3. The topological polar surface area (TPSA) is 58.6 Å². The Balaban J connectivity index is 3.32. The molecule has 0 radical (unpaired) electrons. The molecule has 0 amide bonds. The number of hydrogen-bond acceptors (Lipinski definition) is 4. The van der Waals surface area contributed by atoms with Gasteiger partial charge in [-0.05, 0) is 12.8 Å².